The third-order valence-corrected chi connectivity index (χ3v) is 12.7. The van der Waals surface area contributed by atoms with Crippen molar-refractivity contribution >= 4 is 0 Å². The van der Waals surface area contributed by atoms with E-state index in [1.807, 2.05) is 97.1 Å². The zero-order valence-corrected chi connectivity index (χ0v) is 36.3. The summed E-state index contributed by atoms with van der Waals surface area (Å²) in [5.74, 6) is 3.27. The summed E-state index contributed by atoms with van der Waals surface area (Å²) in [6.45, 7) is 0. The Bertz CT molecular complexity index is 3430. The number of rotatable bonds is 9. The first-order valence-corrected chi connectivity index (χ1v) is 22.5. The molecule has 0 bridgehead atoms. The zero-order chi connectivity index (χ0) is 44.6. The van der Waals surface area contributed by atoms with Crippen molar-refractivity contribution < 1.29 is 0 Å². The number of hydrogen-bond acceptors (Lipinski definition) is 6. The van der Waals surface area contributed by atoms with Gasteiger partial charge in [-0.2, -0.15) is 0 Å². The number of fused-ring (bicyclic) bond motifs is 3. The van der Waals surface area contributed by atoms with E-state index in [2.05, 4.69) is 146 Å². The monoisotopic (exact) mass is 856 g/mol. The fraction of sp³-hybridized carbons (Fsp3) is 0.0164. The highest BCUT2D eigenvalue weighted by molar-refractivity contribution is 5.93. The molecule has 0 atom stereocenters. The molecule has 2 aromatic heterocycles. The predicted octanol–water partition coefficient (Wildman–Crippen LogP) is 14.1. The molecule has 6 heteroatoms. The van der Waals surface area contributed by atoms with E-state index in [1.165, 1.54) is 5.56 Å². The van der Waals surface area contributed by atoms with Crippen LogP contribution in [0.25, 0.3) is 90.6 Å². The maximum absolute atomic E-state index is 5.42. The van der Waals surface area contributed by atoms with Crippen LogP contribution >= 0.6 is 0 Å². The second kappa shape index (κ2) is 16.8. The molecule has 0 saturated heterocycles. The van der Waals surface area contributed by atoms with Crippen molar-refractivity contribution in [3.05, 3.63) is 265 Å². The van der Waals surface area contributed by atoms with Crippen LogP contribution in [0.5, 0.6) is 0 Å². The third-order valence-electron chi connectivity index (χ3n) is 12.7. The van der Waals surface area contributed by atoms with Gasteiger partial charge in [0.1, 0.15) is 0 Å². The van der Waals surface area contributed by atoms with Crippen molar-refractivity contribution in [3.63, 3.8) is 0 Å². The Morgan fingerprint density at radius 1 is 0.209 bits per heavy atom. The number of aromatic nitrogens is 6. The fourth-order valence-electron chi connectivity index (χ4n) is 9.57. The molecule has 0 spiro atoms. The largest absolute Gasteiger partial charge is 0.208 e. The second-order valence-electron chi connectivity index (χ2n) is 16.6. The zero-order valence-electron chi connectivity index (χ0n) is 36.3. The Kier molecular flexibility index (Phi) is 9.95. The Labute approximate surface area is 389 Å². The summed E-state index contributed by atoms with van der Waals surface area (Å²) in [6, 6.07) is 84.1. The lowest BCUT2D eigenvalue weighted by Crippen LogP contribution is -2.28. The van der Waals surface area contributed by atoms with Crippen LogP contribution in [-0.2, 0) is 5.41 Å². The fourth-order valence-corrected chi connectivity index (χ4v) is 9.57. The van der Waals surface area contributed by atoms with Crippen LogP contribution in [0.15, 0.2) is 243 Å². The lowest BCUT2D eigenvalue weighted by molar-refractivity contribution is 0.768. The summed E-state index contributed by atoms with van der Waals surface area (Å²) >= 11 is 0. The van der Waals surface area contributed by atoms with Gasteiger partial charge in [-0.3, -0.25) is 0 Å². The Balaban J connectivity index is 1.18. The van der Waals surface area contributed by atoms with Gasteiger partial charge < -0.3 is 0 Å². The average Bonchev–Trinajstić information content (AvgIpc) is 3.72. The van der Waals surface area contributed by atoms with Gasteiger partial charge in [0.2, 0.25) is 0 Å². The minimum Gasteiger partial charge on any atom is -0.208 e. The van der Waals surface area contributed by atoms with Crippen LogP contribution in [0.1, 0.15) is 22.3 Å². The maximum atomic E-state index is 5.42. The molecule has 0 aliphatic heterocycles. The van der Waals surface area contributed by atoms with Gasteiger partial charge in [-0.25, -0.2) is 29.9 Å². The minimum absolute atomic E-state index is 0.503. The lowest BCUT2D eigenvalue weighted by atomic mass is 9.67. The van der Waals surface area contributed by atoms with Crippen LogP contribution < -0.4 is 0 Å². The molecule has 0 amide bonds. The topological polar surface area (TPSA) is 77.3 Å². The first kappa shape index (κ1) is 39.6. The van der Waals surface area contributed by atoms with E-state index in [0.29, 0.717) is 34.9 Å². The van der Waals surface area contributed by atoms with Gasteiger partial charge in [0.05, 0.1) is 5.41 Å². The van der Waals surface area contributed by atoms with Crippen LogP contribution in [-0.4, -0.2) is 29.9 Å². The summed E-state index contributed by atoms with van der Waals surface area (Å²) in [6.07, 6.45) is 0. The number of benzene rings is 9. The first-order chi connectivity index (χ1) is 33.2. The van der Waals surface area contributed by atoms with E-state index in [4.69, 9.17) is 29.9 Å². The molecule has 9 aromatic carbocycles. The van der Waals surface area contributed by atoms with E-state index in [9.17, 15) is 0 Å². The van der Waals surface area contributed by atoms with Crippen LogP contribution in [0, 0.1) is 0 Å². The standard InChI is InChI=1S/C61H40N6/c1-7-21-41(22-8-1)42-35-37-46(38-36-42)58-63-57(45-27-13-4-14-28-45)66-60(67-58)52-40-54-50(49-33-19-20-34-53(49)61(54,47-29-15-5-16-30-47)48-31-17-6-18-32-48)39-51(52)59-64-55(43-23-9-2-10-24-43)62-56(65-59)44-25-11-3-12-26-44/h1-40H. The smallest absolute Gasteiger partial charge is 0.164 e. The van der Waals surface area contributed by atoms with Crippen LogP contribution in [0.2, 0.25) is 0 Å². The van der Waals surface area contributed by atoms with Crippen LogP contribution in [0.3, 0.4) is 0 Å². The van der Waals surface area contributed by atoms with Crippen molar-refractivity contribution in [3.8, 4) is 90.6 Å². The lowest BCUT2D eigenvalue weighted by Gasteiger charge is -2.34. The normalized spacial score (nSPS) is 12.3. The molecule has 314 valence electrons. The van der Waals surface area contributed by atoms with Gasteiger partial charge in [0.25, 0.3) is 0 Å². The van der Waals surface area contributed by atoms with Crippen molar-refractivity contribution in [1.82, 2.24) is 29.9 Å². The second-order valence-corrected chi connectivity index (χ2v) is 16.6. The minimum atomic E-state index is -0.684. The van der Waals surface area contributed by atoms with Gasteiger partial charge in [-0.1, -0.05) is 231 Å². The van der Waals surface area contributed by atoms with Crippen molar-refractivity contribution in [2.75, 3.05) is 0 Å². The van der Waals surface area contributed by atoms with E-state index in [-0.39, 0.29) is 0 Å². The van der Waals surface area contributed by atoms with Gasteiger partial charge in [0, 0.05) is 33.4 Å². The molecular formula is C61H40N6. The molecule has 0 unspecified atom stereocenters. The highest BCUT2D eigenvalue weighted by Gasteiger charge is 2.47. The van der Waals surface area contributed by atoms with Crippen LogP contribution in [0.4, 0.5) is 0 Å². The average molecular weight is 857 g/mol. The summed E-state index contributed by atoms with van der Waals surface area (Å²) in [7, 11) is 0. The molecule has 0 radical (unpaired) electrons. The molecule has 11 aromatic rings. The third kappa shape index (κ3) is 7.09. The van der Waals surface area contributed by atoms with Gasteiger partial charge in [0.15, 0.2) is 34.9 Å². The maximum Gasteiger partial charge on any atom is 0.164 e. The Morgan fingerprint density at radius 2 is 0.522 bits per heavy atom. The summed E-state index contributed by atoms with van der Waals surface area (Å²) < 4.78 is 0. The van der Waals surface area contributed by atoms with Gasteiger partial charge in [-0.05, 0) is 56.6 Å². The number of nitrogens with zero attached hydrogens (tertiary/aromatic N) is 6. The Hall–Kier alpha value is -9.00. The quantitative estimate of drug-likeness (QED) is 0.144. The molecule has 12 rings (SSSR count). The van der Waals surface area contributed by atoms with E-state index in [0.717, 1.165) is 72.3 Å². The molecule has 2 heterocycles. The van der Waals surface area contributed by atoms with Crippen molar-refractivity contribution in [2.45, 2.75) is 5.41 Å². The SMILES string of the molecule is c1ccc(-c2ccc(-c3nc(-c4ccccc4)nc(-c4cc5c(cc4-c4nc(-c6ccccc6)nc(-c6ccccc6)n4)-c4ccccc4C5(c4ccccc4)c4ccccc4)n3)cc2)cc1. The molecule has 1 aliphatic rings. The van der Waals surface area contributed by atoms with Crippen molar-refractivity contribution in [1.29, 1.82) is 0 Å². The molecule has 0 N–H and O–H groups in total. The number of hydrogen-bond donors (Lipinski definition) is 0. The summed E-state index contributed by atoms with van der Waals surface area (Å²) in [5, 5.41) is 0. The van der Waals surface area contributed by atoms with Gasteiger partial charge in [-0.15, -0.1) is 0 Å². The molecular weight excluding hydrogens is 817 g/mol. The first-order valence-electron chi connectivity index (χ1n) is 22.5. The molecule has 0 saturated carbocycles. The Morgan fingerprint density at radius 3 is 0.970 bits per heavy atom. The van der Waals surface area contributed by atoms with E-state index >= 15 is 0 Å². The molecule has 1 aliphatic carbocycles. The summed E-state index contributed by atoms with van der Waals surface area (Å²) in [5.41, 5.74) is 13.5. The summed E-state index contributed by atoms with van der Waals surface area (Å²) in [4.78, 5) is 31.7. The molecule has 6 nitrogen and oxygen atoms in total. The van der Waals surface area contributed by atoms with E-state index in [1.54, 1.807) is 0 Å². The van der Waals surface area contributed by atoms with E-state index < -0.39 is 5.41 Å². The predicted molar refractivity (Wildman–Crippen MR) is 269 cm³/mol. The highest BCUT2D eigenvalue weighted by Crippen LogP contribution is 2.57. The highest BCUT2D eigenvalue weighted by atomic mass is 15.1. The molecule has 0 fully saturated rings. The molecule has 67 heavy (non-hydrogen) atoms. The van der Waals surface area contributed by atoms with Crippen molar-refractivity contribution in [2.24, 2.45) is 0 Å². The van der Waals surface area contributed by atoms with Gasteiger partial charge >= 0.3 is 0 Å².